The number of piperidine rings is 1. The van der Waals surface area contributed by atoms with Gasteiger partial charge in [-0.05, 0) is 86.8 Å². The van der Waals surface area contributed by atoms with Crippen LogP contribution in [0.4, 0.5) is 0 Å². The van der Waals surface area contributed by atoms with Crippen LogP contribution in [-0.4, -0.2) is 36.0 Å². The molecule has 0 aromatic heterocycles. The number of halogens is 1. The van der Waals surface area contributed by atoms with Crippen LogP contribution in [0.25, 0.3) is 0 Å². The Morgan fingerprint density at radius 3 is 2.24 bits per heavy atom. The summed E-state index contributed by atoms with van der Waals surface area (Å²) in [6.45, 7) is 0.455. The van der Waals surface area contributed by atoms with Crippen molar-refractivity contribution in [3.8, 4) is 17.2 Å². The SMILES string of the molecule is CN1[C@@H]2CC[C@H]1C[C@H](Oc1cccc(CNC(=O)c3ccc(Oc4ccccc4)cc3)c1)C2.Cl. The van der Waals surface area contributed by atoms with Crippen LogP contribution in [-0.2, 0) is 6.54 Å². The van der Waals surface area contributed by atoms with Crippen LogP contribution in [0.15, 0.2) is 78.9 Å². The number of carbonyl (C=O) groups excluding carboxylic acids is 1. The van der Waals surface area contributed by atoms with E-state index in [1.807, 2.05) is 66.7 Å². The fourth-order valence-electron chi connectivity index (χ4n) is 4.96. The molecule has 1 amide bonds. The van der Waals surface area contributed by atoms with E-state index in [9.17, 15) is 4.79 Å². The average molecular weight is 479 g/mol. The number of benzene rings is 3. The van der Waals surface area contributed by atoms with E-state index in [1.54, 1.807) is 12.1 Å². The molecule has 2 aliphatic heterocycles. The third-order valence-corrected chi connectivity index (χ3v) is 6.80. The van der Waals surface area contributed by atoms with Gasteiger partial charge >= 0.3 is 0 Å². The van der Waals surface area contributed by atoms with Crippen molar-refractivity contribution >= 4 is 18.3 Å². The third-order valence-electron chi connectivity index (χ3n) is 6.80. The van der Waals surface area contributed by atoms with E-state index in [-0.39, 0.29) is 24.4 Å². The standard InChI is InChI=1S/C28H30N2O3.ClH/c1-30-22-12-13-23(30)18-27(17-22)33-26-9-5-6-20(16-26)19-29-28(31)21-10-14-25(15-11-21)32-24-7-3-2-4-8-24;/h2-11,14-16,22-23,27H,12-13,17-19H2,1H3,(H,29,31);1H/t22-,23+,27-;. The molecule has 2 fully saturated rings. The first-order valence-electron chi connectivity index (χ1n) is 11.7. The Morgan fingerprint density at radius 2 is 1.53 bits per heavy atom. The number of fused-ring (bicyclic) bond motifs is 2. The third kappa shape index (κ3) is 5.72. The van der Waals surface area contributed by atoms with Gasteiger partial charge in [0.2, 0.25) is 0 Å². The summed E-state index contributed by atoms with van der Waals surface area (Å²) in [7, 11) is 2.24. The molecule has 3 aromatic carbocycles. The van der Waals surface area contributed by atoms with Gasteiger partial charge in [0.1, 0.15) is 23.4 Å². The van der Waals surface area contributed by atoms with E-state index < -0.39 is 0 Å². The first-order chi connectivity index (χ1) is 16.1. The Balaban J connectivity index is 0.00000274. The molecule has 6 heteroatoms. The van der Waals surface area contributed by atoms with E-state index in [2.05, 4.69) is 17.3 Å². The molecule has 3 atom stereocenters. The fourth-order valence-corrected chi connectivity index (χ4v) is 4.96. The zero-order chi connectivity index (χ0) is 22.6. The summed E-state index contributed by atoms with van der Waals surface area (Å²) < 4.78 is 12.1. The Bertz CT molecular complexity index is 1080. The Morgan fingerprint density at radius 1 is 0.882 bits per heavy atom. The molecular formula is C28H31ClN2O3. The maximum absolute atomic E-state index is 12.6. The summed E-state index contributed by atoms with van der Waals surface area (Å²) in [6.07, 6.45) is 5.04. The van der Waals surface area contributed by atoms with Crippen LogP contribution in [0.1, 0.15) is 41.6 Å². The lowest BCUT2D eigenvalue weighted by Crippen LogP contribution is -2.43. The molecule has 0 aliphatic carbocycles. The normalized spacial score (nSPS) is 21.4. The lowest BCUT2D eigenvalue weighted by molar-refractivity contribution is 0.0661. The quantitative estimate of drug-likeness (QED) is 0.464. The average Bonchev–Trinajstić information content (AvgIpc) is 3.04. The van der Waals surface area contributed by atoms with E-state index in [0.717, 1.165) is 29.9 Å². The van der Waals surface area contributed by atoms with Crippen molar-refractivity contribution in [2.24, 2.45) is 0 Å². The van der Waals surface area contributed by atoms with Gasteiger partial charge in [0.25, 0.3) is 5.91 Å². The zero-order valence-corrected chi connectivity index (χ0v) is 20.2. The number of nitrogens with one attached hydrogen (secondary N) is 1. The number of amides is 1. The van der Waals surface area contributed by atoms with Gasteiger partial charge in [-0.1, -0.05) is 30.3 Å². The number of rotatable bonds is 7. The largest absolute Gasteiger partial charge is 0.490 e. The lowest BCUT2D eigenvalue weighted by atomic mass is 10.0. The first kappa shape index (κ1) is 24.1. The molecule has 34 heavy (non-hydrogen) atoms. The monoisotopic (exact) mass is 478 g/mol. The van der Waals surface area contributed by atoms with Crippen molar-refractivity contribution in [1.82, 2.24) is 10.2 Å². The van der Waals surface area contributed by atoms with Crippen LogP contribution in [0.3, 0.4) is 0 Å². The predicted molar refractivity (Wildman–Crippen MR) is 136 cm³/mol. The summed E-state index contributed by atoms with van der Waals surface area (Å²) in [6, 6.07) is 26.1. The van der Waals surface area contributed by atoms with Crippen LogP contribution in [0.2, 0.25) is 0 Å². The highest BCUT2D eigenvalue weighted by atomic mass is 35.5. The molecule has 5 nitrogen and oxygen atoms in total. The first-order valence-corrected chi connectivity index (χ1v) is 11.7. The highest BCUT2D eigenvalue weighted by Gasteiger charge is 2.39. The molecule has 0 unspecified atom stereocenters. The van der Waals surface area contributed by atoms with E-state index in [0.29, 0.717) is 29.9 Å². The summed E-state index contributed by atoms with van der Waals surface area (Å²) in [5.41, 5.74) is 1.63. The molecule has 5 rings (SSSR count). The van der Waals surface area contributed by atoms with Crippen molar-refractivity contribution in [2.75, 3.05) is 7.05 Å². The molecule has 2 bridgehead atoms. The van der Waals surface area contributed by atoms with Crippen molar-refractivity contribution in [1.29, 1.82) is 0 Å². The number of hydrogen-bond acceptors (Lipinski definition) is 4. The number of para-hydroxylation sites is 1. The topological polar surface area (TPSA) is 50.8 Å². The van der Waals surface area contributed by atoms with E-state index in [4.69, 9.17) is 9.47 Å². The number of carbonyl (C=O) groups is 1. The molecule has 3 aromatic rings. The van der Waals surface area contributed by atoms with Crippen molar-refractivity contribution in [3.63, 3.8) is 0 Å². The van der Waals surface area contributed by atoms with Crippen LogP contribution in [0.5, 0.6) is 17.2 Å². The highest BCUT2D eigenvalue weighted by molar-refractivity contribution is 5.94. The Kier molecular flexibility index (Phi) is 7.76. The summed E-state index contributed by atoms with van der Waals surface area (Å²) in [4.78, 5) is 15.1. The molecule has 1 N–H and O–H groups in total. The number of nitrogens with zero attached hydrogens (tertiary/aromatic N) is 1. The lowest BCUT2D eigenvalue weighted by Gasteiger charge is -2.36. The second-order valence-corrected chi connectivity index (χ2v) is 9.03. The fraction of sp³-hybridized carbons (Fsp3) is 0.321. The van der Waals surface area contributed by atoms with Gasteiger partial charge in [-0.15, -0.1) is 12.4 Å². The van der Waals surface area contributed by atoms with Crippen molar-refractivity contribution in [3.05, 3.63) is 90.0 Å². The van der Waals surface area contributed by atoms with Gasteiger partial charge < -0.3 is 19.7 Å². The Labute approximate surface area is 207 Å². The van der Waals surface area contributed by atoms with E-state index in [1.165, 1.54) is 12.8 Å². The molecule has 2 heterocycles. The second kappa shape index (κ2) is 10.9. The van der Waals surface area contributed by atoms with Crippen LogP contribution in [0, 0.1) is 0 Å². The second-order valence-electron chi connectivity index (χ2n) is 9.03. The Hall–Kier alpha value is -3.02. The molecule has 0 saturated carbocycles. The minimum Gasteiger partial charge on any atom is -0.490 e. The maximum atomic E-state index is 12.6. The molecule has 2 aliphatic rings. The van der Waals surface area contributed by atoms with Gasteiger partial charge in [0.05, 0.1) is 0 Å². The van der Waals surface area contributed by atoms with Crippen molar-refractivity contribution < 1.29 is 14.3 Å². The predicted octanol–water partition coefficient (Wildman–Crippen LogP) is 5.83. The van der Waals surface area contributed by atoms with Gasteiger partial charge in [-0.25, -0.2) is 0 Å². The molecule has 2 saturated heterocycles. The molecular weight excluding hydrogens is 448 g/mol. The molecule has 178 valence electrons. The van der Waals surface area contributed by atoms with Gasteiger partial charge in [-0.2, -0.15) is 0 Å². The molecule has 0 spiro atoms. The van der Waals surface area contributed by atoms with E-state index >= 15 is 0 Å². The zero-order valence-electron chi connectivity index (χ0n) is 19.4. The van der Waals surface area contributed by atoms with Gasteiger partial charge in [-0.3, -0.25) is 4.79 Å². The minimum absolute atomic E-state index is 0. The maximum Gasteiger partial charge on any atom is 0.251 e. The summed E-state index contributed by atoms with van der Waals surface area (Å²) in [5.74, 6) is 2.24. The highest BCUT2D eigenvalue weighted by Crippen LogP contribution is 2.36. The summed E-state index contributed by atoms with van der Waals surface area (Å²) >= 11 is 0. The van der Waals surface area contributed by atoms with Gasteiger partial charge in [0.15, 0.2) is 0 Å². The smallest absolute Gasteiger partial charge is 0.251 e. The minimum atomic E-state index is -0.112. The van der Waals surface area contributed by atoms with Crippen LogP contribution >= 0.6 is 12.4 Å². The van der Waals surface area contributed by atoms with Crippen LogP contribution < -0.4 is 14.8 Å². The van der Waals surface area contributed by atoms with Crippen molar-refractivity contribution in [2.45, 2.75) is 50.4 Å². The number of hydrogen-bond donors (Lipinski definition) is 1. The number of ether oxygens (including phenoxy) is 2. The summed E-state index contributed by atoms with van der Waals surface area (Å²) in [5, 5.41) is 3.00. The van der Waals surface area contributed by atoms with Gasteiger partial charge in [0, 0.05) is 24.2 Å². The molecule has 0 radical (unpaired) electrons.